The predicted molar refractivity (Wildman–Crippen MR) is 74.9 cm³/mol. The number of thioether (sulfide) groups is 1. The number of amides is 2. The first-order valence-electron chi connectivity index (χ1n) is 5.55. The molecule has 0 aliphatic heterocycles. The highest BCUT2D eigenvalue weighted by Crippen LogP contribution is 2.02. The molecular weight excluding hydrogens is 252 g/mol. The van der Waals surface area contributed by atoms with Crippen molar-refractivity contribution in [1.29, 1.82) is 0 Å². The molecule has 0 aliphatic carbocycles. The van der Waals surface area contributed by atoms with Crippen LogP contribution in [0.1, 0.15) is 6.42 Å². The molecule has 0 aromatic carbocycles. The van der Waals surface area contributed by atoms with Gasteiger partial charge < -0.3 is 15.3 Å². The fraction of sp³-hybridized carbons (Fsp3) is 0.500. The topological polar surface area (TPSA) is 69.6 Å². The summed E-state index contributed by atoms with van der Waals surface area (Å²) in [6.45, 7) is 7.81. The summed E-state index contributed by atoms with van der Waals surface area (Å²) < 4.78 is 0. The monoisotopic (exact) mass is 272 g/mol. The Hall–Kier alpha value is -1.43. The lowest BCUT2D eigenvalue weighted by atomic mass is 10.2. The van der Waals surface area contributed by atoms with E-state index in [-0.39, 0.29) is 0 Å². The van der Waals surface area contributed by atoms with E-state index in [0.717, 1.165) is 0 Å². The van der Waals surface area contributed by atoms with Crippen LogP contribution in [-0.4, -0.2) is 53.1 Å². The fourth-order valence-electron chi connectivity index (χ4n) is 1.29. The Balaban J connectivity index is 4.48. The standard InChI is InChI=1S/C12H20N2O3S/c1-4-7-14(8-5-2)12(17)13-10(11(15)16)6-9-18-3/h4-5,10H,1-2,6-9H2,3H3,(H,13,17)(H,15,16)/t10-/m1/s1. The van der Waals surface area contributed by atoms with E-state index < -0.39 is 18.0 Å². The first-order valence-corrected chi connectivity index (χ1v) is 6.95. The van der Waals surface area contributed by atoms with Gasteiger partial charge in [0.1, 0.15) is 6.04 Å². The summed E-state index contributed by atoms with van der Waals surface area (Å²) in [7, 11) is 0. The van der Waals surface area contributed by atoms with Gasteiger partial charge in [-0.05, 0) is 18.4 Å². The van der Waals surface area contributed by atoms with E-state index in [1.807, 2.05) is 6.26 Å². The Kier molecular flexibility index (Phi) is 8.82. The van der Waals surface area contributed by atoms with E-state index >= 15 is 0 Å². The van der Waals surface area contributed by atoms with Gasteiger partial charge >= 0.3 is 12.0 Å². The molecule has 0 aromatic heterocycles. The minimum Gasteiger partial charge on any atom is -0.480 e. The highest BCUT2D eigenvalue weighted by Gasteiger charge is 2.21. The third kappa shape index (κ3) is 6.34. The van der Waals surface area contributed by atoms with Crippen LogP contribution < -0.4 is 5.32 Å². The maximum Gasteiger partial charge on any atom is 0.326 e. The molecule has 0 radical (unpaired) electrons. The molecule has 102 valence electrons. The molecule has 0 aromatic rings. The normalized spacial score (nSPS) is 11.4. The molecule has 6 heteroatoms. The van der Waals surface area contributed by atoms with Crippen molar-refractivity contribution in [3.63, 3.8) is 0 Å². The number of carbonyl (C=O) groups is 2. The molecule has 2 amide bonds. The molecular formula is C12H20N2O3S. The van der Waals surface area contributed by atoms with Gasteiger partial charge in [0.15, 0.2) is 0 Å². The molecule has 0 saturated heterocycles. The van der Waals surface area contributed by atoms with Crippen molar-refractivity contribution in [2.75, 3.05) is 25.1 Å². The molecule has 0 heterocycles. The average Bonchev–Trinajstić information content (AvgIpc) is 2.33. The van der Waals surface area contributed by atoms with Crippen molar-refractivity contribution >= 4 is 23.8 Å². The second-order valence-electron chi connectivity index (χ2n) is 3.60. The number of nitrogens with one attached hydrogen (secondary N) is 1. The van der Waals surface area contributed by atoms with Gasteiger partial charge in [0, 0.05) is 13.1 Å². The number of carboxylic acids is 1. The molecule has 0 unspecified atom stereocenters. The summed E-state index contributed by atoms with van der Waals surface area (Å²) in [5, 5.41) is 11.5. The second-order valence-corrected chi connectivity index (χ2v) is 4.59. The van der Waals surface area contributed by atoms with Gasteiger partial charge in [-0.15, -0.1) is 13.2 Å². The Morgan fingerprint density at radius 3 is 2.33 bits per heavy atom. The van der Waals surface area contributed by atoms with Crippen molar-refractivity contribution in [2.45, 2.75) is 12.5 Å². The van der Waals surface area contributed by atoms with Crippen LogP contribution in [0.5, 0.6) is 0 Å². The van der Waals surface area contributed by atoms with Crippen LogP contribution >= 0.6 is 11.8 Å². The van der Waals surface area contributed by atoms with E-state index in [1.54, 1.807) is 23.9 Å². The Bertz CT molecular complexity index is 298. The van der Waals surface area contributed by atoms with E-state index in [4.69, 9.17) is 5.11 Å². The van der Waals surface area contributed by atoms with E-state index in [1.165, 1.54) is 4.90 Å². The summed E-state index contributed by atoms with van der Waals surface area (Å²) >= 11 is 1.54. The lowest BCUT2D eigenvalue weighted by Gasteiger charge is -2.22. The summed E-state index contributed by atoms with van der Waals surface area (Å²) in [4.78, 5) is 24.3. The van der Waals surface area contributed by atoms with Crippen LogP contribution in [0, 0.1) is 0 Å². The highest BCUT2D eigenvalue weighted by molar-refractivity contribution is 7.98. The largest absolute Gasteiger partial charge is 0.480 e. The number of hydrogen-bond acceptors (Lipinski definition) is 3. The molecule has 0 aliphatic rings. The molecule has 0 spiro atoms. The average molecular weight is 272 g/mol. The van der Waals surface area contributed by atoms with Crippen molar-refractivity contribution in [1.82, 2.24) is 10.2 Å². The highest BCUT2D eigenvalue weighted by atomic mass is 32.2. The van der Waals surface area contributed by atoms with Crippen molar-refractivity contribution in [2.24, 2.45) is 0 Å². The summed E-state index contributed by atoms with van der Waals surface area (Å²) in [5.74, 6) is -0.338. The molecule has 18 heavy (non-hydrogen) atoms. The maximum atomic E-state index is 11.9. The molecule has 1 atom stereocenters. The summed E-state index contributed by atoms with van der Waals surface area (Å²) in [6.07, 6.45) is 5.46. The van der Waals surface area contributed by atoms with Gasteiger partial charge in [0.25, 0.3) is 0 Å². The van der Waals surface area contributed by atoms with Gasteiger partial charge in [0.05, 0.1) is 0 Å². The molecule has 2 N–H and O–H groups in total. The number of carboxylic acid groups (broad SMARTS) is 1. The zero-order valence-electron chi connectivity index (χ0n) is 10.6. The van der Waals surface area contributed by atoms with Crippen molar-refractivity contribution in [3.8, 4) is 0 Å². The van der Waals surface area contributed by atoms with Gasteiger partial charge in [-0.1, -0.05) is 12.2 Å². The van der Waals surface area contributed by atoms with Gasteiger partial charge in [0.2, 0.25) is 0 Å². The SMILES string of the molecule is C=CCN(CC=C)C(=O)N[C@H](CCSC)C(=O)O. The number of carbonyl (C=O) groups excluding carboxylic acids is 1. The molecule has 5 nitrogen and oxygen atoms in total. The Labute approximate surface area is 112 Å². The Morgan fingerprint density at radius 2 is 1.94 bits per heavy atom. The first-order chi connectivity index (χ1) is 8.56. The zero-order valence-corrected chi connectivity index (χ0v) is 11.4. The molecule has 0 fully saturated rings. The van der Waals surface area contributed by atoms with Crippen molar-refractivity contribution in [3.05, 3.63) is 25.3 Å². The number of urea groups is 1. The van der Waals surface area contributed by atoms with Crippen LogP contribution in [0.3, 0.4) is 0 Å². The molecule has 0 bridgehead atoms. The van der Waals surface area contributed by atoms with Gasteiger partial charge in [-0.25, -0.2) is 9.59 Å². The summed E-state index contributed by atoms with van der Waals surface area (Å²) in [6, 6.07) is -1.27. The van der Waals surface area contributed by atoms with E-state index in [2.05, 4.69) is 18.5 Å². The van der Waals surface area contributed by atoms with E-state index in [0.29, 0.717) is 25.3 Å². The maximum absolute atomic E-state index is 11.9. The van der Waals surface area contributed by atoms with Crippen LogP contribution in [0.15, 0.2) is 25.3 Å². The predicted octanol–water partition coefficient (Wildman–Crippen LogP) is 1.58. The second kappa shape index (κ2) is 9.58. The number of hydrogen-bond donors (Lipinski definition) is 2. The number of nitrogens with zero attached hydrogens (tertiary/aromatic N) is 1. The lowest BCUT2D eigenvalue weighted by Crippen LogP contribution is -2.48. The number of rotatable bonds is 9. The fourth-order valence-corrected chi connectivity index (χ4v) is 1.76. The minimum absolute atomic E-state index is 0.354. The van der Waals surface area contributed by atoms with Gasteiger partial charge in [-0.3, -0.25) is 0 Å². The first kappa shape index (κ1) is 16.6. The third-order valence-electron chi connectivity index (χ3n) is 2.19. The van der Waals surface area contributed by atoms with E-state index in [9.17, 15) is 9.59 Å². The van der Waals surface area contributed by atoms with Crippen LogP contribution in [-0.2, 0) is 4.79 Å². The van der Waals surface area contributed by atoms with Crippen molar-refractivity contribution < 1.29 is 14.7 Å². The number of aliphatic carboxylic acids is 1. The quantitative estimate of drug-likeness (QED) is 0.625. The van der Waals surface area contributed by atoms with Crippen LogP contribution in [0.4, 0.5) is 4.79 Å². The summed E-state index contributed by atoms with van der Waals surface area (Å²) in [5.41, 5.74) is 0. The van der Waals surface area contributed by atoms with Crippen LogP contribution in [0.2, 0.25) is 0 Å². The lowest BCUT2D eigenvalue weighted by molar-refractivity contribution is -0.139. The zero-order chi connectivity index (χ0) is 14.0. The molecule has 0 saturated carbocycles. The van der Waals surface area contributed by atoms with Crippen LogP contribution in [0.25, 0.3) is 0 Å². The minimum atomic E-state index is -1.02. The Morgan fingerprint density at radius 1 is 1.39 bits per heavy atom. The van der Waals surface area contributed by atoms with Gasteiger partial charge in [-0.2, -0.15) is 11.8 Å². The third-order valence-corrected chi connectivity index (χ3v) is 2.84. The smallest absolute Gasteiger partial charge is 0.326 e. The molecule has 0 rings (SSSR count).